The number of rotatable bonds is 1. The van der Waals surface area contributed by atoms with Gasteiger partial charge in [0, 0.05) is 10.9 Å². The molecule has 108 valence electrons. The number of fused-ring (bicyclic) bond motifs is 1. The highest BCUT2D eigenvalue weighted by Crippen LogP contribution is 2.22. The first-order valence-electron chi connectivity index (χ1n) is 7.47. The quantitative estimate of drug-likeness (QED) is 0.536. The molecule has 0 aliphatic heterocycles. The Morgan fingerprint density at radius 1 is 0.909 bits per heavy atom. The Labute approximate surface area is 130 Å². The van der Waals surface area contributed by atoms with Crippen LogP contribution in [0, 0.1) is 24.6 Å². The van der Waals surface area contributed by atoms with Crippen molar-refractivity contribution in [1.29, 1.82) is 0 Å². The van der Waals surface area contributed by atoms with Gasteiger partial charge in [0.25, 0.3) is 0 Å². The van der Waals surface area contributed by atoms with Gasteiger partial charge in [-0.25, -0.2) is 4.39 Å². The topological polar surface area (TPSA) is 0 Å². The Morgan fingerprint density at radius 2 is 1.68 bits per heavy atom. The van der Waals surface area contributed by atoms with Crippen LogP contribution in [0.1, 0.15) is 29.2 Å². The largest absolute Gasteiger partial charge is 0.205 e. The second-order valence-corrected chi connectivity index (χ2v) is 5.45. The van der Waals surface area contributed by atoms with E-state index in [4.69, 9.17) is 0 Å². The van der Waals surface area contributed by atoms with Crippen molar-refractivity contribution < 1.29 is 4.39 Å². The van der Waals surface area contributed by atoms with Gasteiger partial charge in [0.1, 0.15) is 5.82 Å². The van der Waals surface area contributed by atoms with Gasteiger partial charge in [-0.3, -0.25) is 0 Å². The molecule has 0 N–H and O–H groups in total. The fourth-order valence-electron chi connectivity index (χ4n) is 2.43. The van der Waals surface area contributed by atoms with Gasteiger partial charge in [0.15, 0.2) is 0 Å². The van der Waals surface area contributed by atoms with E-state index in [-0.39, 0.29) is 5.82 Å². The molecule has 3 aromatic carbocycles. The summed E-state index contributed by atoms with van der Waals surface area (Å²) in [4.78, 5) is 0. The molecule has 0 atom stereocenters. The minimum Gasteiger partial charge on any atom is -0.205 e. The number of hydrogen-bond donors (Lipinski definition) is 0. The van der Waals surface area contributed by atoms with Crippen LogP contribution in [0.3, 0.4) is 0 Å². The minimum atomic E-state index is -0.236. The van der Waals surface area contributed by atoms with E-state index in [0.717, 1.165) is 17.4 Å². The summed E-state index contributed by atoms with van der Waals surface area (Å²) in [7, 11) is 0. The van der Waals surface area contributed by atoms with E-state index < -0.39 is 0 Å². The highest BCUT2D eigenvalue weighted by molar-refractivity contribution is 5.85. The van der Waals surface area contributed by atoms with Gasteiger partial charge >= 0.3 is 0 Å². The third-order valence-electron chi connectivity index (χ3n) is 3.82. The van der Waals surface area contributed by atoms with Gasteiger partial charge in [-0.1, -0.05) is 60.7 Å². The van der Waals surface area contributed by atoms with Crippen molar-refractivity contribution in [2.24, 2.45) is 0 Å². The molecule has 1 heteroatoms. The molecule has 22 heavy (non-hydrogen) atoms. The number of hydrogen-bond acceptors (Lipinski definition) is 0. The van der Waals surface area contributed by atoms with E-state index in [9.17, 15) is 4.39 Å². The molecular formula is C21H17F. The van der Waals surface area contributed by atoms with Crippen molar-refractivity contribution in [1.82, 2.24) is 0 Å². The van der Waals surface area contributed by atoms with E-state index >= 15 is 0 Å². The Bertz CT molecular complexity index is 877. The molecule has 0 radical (unpaired) electrons. The molecule has 0 aliphatic carbocycles. The predicted octanol–water partition coefficient (Wildman–Crippen LogP) is 5.25. The maximum absolute atomic E-state index is 14.6. The molecule has 0 fully saturated rings. The SMILES string of the molecule is CCc1ccc2c(F)c(C#Cc3ccc(C)cc3)ccc2c1. The van der Waals surface area contributed by atoms with Crippen LogP contribution in [0.4, 0.5) is 4.39 Å². The third kappa shape index (κ3) is 2.87. The zero-order valence-corrected chi connectivity index (χ0v) is 12.8. The van der Waals surface area contributed by atoms with Crippen molar-refractivity contribution in [3.8, 4) is 11.8 Å². The molecule has 0 saturated carbocycles. The lowest BCUT2D eigenvalue weighted by molar-refractivity contribution is 0.636. The highest BCUT2D eigenvalue weighted by atomic mass is 19.1. The molecule has 3 aromatic rings. The number of benzene rings is 3. The van der Waals surface area contributed by atoms with Gasteiger partial charge in [-0.15, -0.1) is 0 Å². The Kier molecular flexibility index (Phi) is 3.94. The lowest BCUT2D eigenvalue weighted by Gasteiger charge is -2.04. The van der Waals surface area contributed by atoms with Crippen LogP contribution in [-0.4, -0.2) is 0 Å². The van der Waals surface area contributed by atoms with Crippen LogP contribution in [-0.2, 0) is 6.42 Å². The van der Waals surface area contributed by atoms with E-state index in [2.05, 4.69) is 18.8 Å². The number of halogens is 1. The van der Waals surface area contributed by atoms with Crippen LogP contribution in [0.2, 0.25) is 0 Å². The van der Waals surface area contributed by atoms with Crippen molar-refractivity contribution in [2.75, 3.05) is 0 Å². The van der Waals surface area contributed by atoms with Crippen molar-refractivity contribution in [3.05, 3.63) is 82.7 Å². The van der Waals surface area contributed by atoms with Crippen LogP contribution in [0.5, 0.6) is 0 Å². The fourth-order valence-corrected chi connectivity index (χ4v) is 2.43. The maximum Gasteiger partial charge on any atom is 0.146 e. The van der Waals surface area contributed by atoms with Gasteiger partial charge < -0.3 is 0 Å². The molecule has 3 rings (SSSR count). The molecule has 0 bridgehead atoms. The molecule has 0 amide bonds. The van der Waals surface area contributed by atoms with Crippen LogP contribution in [0.15, 0.2) is 54.6 Å². The molecular weight excluding hydrogens is 271 g/mol. The molecule has 0 aliphatic rings. The first kappa shape index (κ1) is 14.4. The fraction of sp³-hybridized carbons (Fsp3) is 0.143. The zero-order chi connectivity index (χ0) is 15.5. The van der Waals surface area contributed by atoms with Crippen LogP contribution in [0.25, 0.3) is 10.8 Å². The van der Waals surface area contributed by atoms with E-state index in [1.165, 1.54) is 11.1 Å². The number of aryl methyl sites for hydroxylation is 2. The summed E-state index contributed by atoms with van der Waals surface area (Å²) in [6.45, 7) is 4.13. The predicted molar refractivity (Wildman–Crippen MR) is 90.4 cm³/mol. The summed E-state index contributed by atoms with van der Waals surface area (Å²) < 4.78 is 14.6. The highest BCUT2D eigenvalue weighted by Gasteiger charge is 2.06. The second-order valence-electron chi connectivity index (χ2n) is 5.45. The zero-order valence-electron chi connectivity index (χ0n) is 12.8. The standard InChI is InChI=1S/C21H17F/c1-3-16-9-13-20-19(14-16)12-11-18(21(20)22)10-8-17-6-4-15(2)5-7-17/h4-7,9,11-14H,3H2,1-2H3. The first-order valence-corrected chi connectivity index (χ1v) is 7.47. The average Bonchev–Trinajstić information content (AvgIpc) is 2.55. The van der Waals surface area contributed by atoms with Crippen molar-refractivity contribution >= 4 is 10.8 Å². The van der Waals surface area contributed by atoms with Crippen molar-refractivity contribution in [2.45, 2.75) is 20.3 Å². The van der Waals surface area contributed by atoms with Crippen molar-refractivity contribution in [3.63, 3.8) is 0 Å². The van der Waals surface area contributed by atoms with Gasteiger partial charge in [-0.05, 0) is 42.5 Å². The molecule has 0 saturated heterocycles. The second kappa shape index (κ2) is 6.03. The Morgan fingerprint density at radius 3 is 2.41 bits per heavy atom. The van der Waals surface area contributed by atoms with Crippen LogP contribution >= 0.6 is 0 Å². The summed E-state index contributed by atoms with van der Waals surface area (Å²) in [6.07, 6.45) is 0.951. The smallest absolute Gasteiger partial charge is 0.146 e. The molecule has 0 spiro atoms. The normalized spacial score (nSPS) is 10.3. The van der Waals surface area contributed by atoms with E-state index in [0.29, 0.717) is 10.9 Å². The van der Waals surface area contributed by atoms with Crippen LogP contribution < -0.4 is 0 Å². The average molecular weight is 288 g/mol. The summed E-state index contributed by atoms with van der Waals surface area (Å²) in [5.41, 5.74) is 3.74. The lowest BCUT2D eigenvalue weighted by atomic mass is 10.0. The summed E-state index contributed by atoms with van der Waals surface area (Å²) in [5, 5.41) is 1.56. The van der Waals surface area contributed by atoms with E-state index in [1.807, 2.05) is 55.5 Å². The summed E-state index contributed by atoms with van der Waals surface area (Å²) in [6, 6.07) is 17.5. The molecule has 0 unspecified atom stereocenters. The molecule has 0 nitrogen and oxygen atoms in total. The Balaban J connectivity index is 2.02. The lowest BCUT2D eigenvalue weighted by Crippen LogP contribution is -1.88. The monoisotopic (exact) mass is 288 g/mol. The maximum atomic E-state index is 14.6. The first-order chi connectivity index (χ1) is 10.7. The van der Waals surface area contributed by atoms with E-state index in [1.54, 1.807) is 6.07 Å². The summed E-state index contributed by atoms with van der Waals surface area (Å²) in [5.74, 6) is 5.73. The Hall–Kier alpha value is -2.59. The van der Waals surface area contributed by atoms with Gasteiger partial charge in [-0.2, -0.15) is 0 Å². The summed E-state index contributed by atoms with van der Waals surface area (Å²) >= 11 is 0. The molecule has 0 heterocycles. The van der Waals surface area contributed by atoms with Gasteiger partial charge in [0.2, 0.25) is 0 Å². The molecule has 0 aromatic heterocycles. The van der Waals surface area contributed by atoms with Gasteiger partial charge in [0.05, 0.1) is 5.56 Å². The third-order valence-corrected chi connectivity index (χ3v) is 3.82. The minimum absolute atomic E-state index is 0.236.